The van der Waals surface area contributed by atoms with Crippen molar-refractivity contribution in [2.24, 2.45) is 0 Å². The summed E-state index contributed by atoms with van der Waals surface area (Å²) in [7, 11) is 1.36. The smallest absolute Gasteiger partial charge is 0.338 e. The van der Waals surface area contributed by atoms with Crippen molar-refractivity contribution < 1.29 is 41.3 Å². The zero-order valence-electron chi connectivity index (χ0n) is 9.76. The number of ether oxygens (including phenoxy) is 1. The van der Waals surface area contributed by atoms with Crippen LogP contribution in [0.25, 0.3) is 0 Å². The summed E-state index contributed by atoms with van der Waals surface area (Å²) in [5.41, 5.74) is 0.551. The largest absolute Gasteiger partial charge is 0.465 e. The van der Waals surface area contributed by atoms with Crippen LogP contribution < -0.4 is 0 Å². The van der Waals surface area contributed by atoms with E-state index in [1.807, 2.05) is 26.4 Å². The van der Waals surface area contributed by atoms with Crippen LogP contribution in [0.2, 0.25) is 0 Å². The molecule has 0 aliphatic heterocycles. The van der Waals surface area contributed by atoms with Crippen molar-refractivity contribution >= 4 is 42.3 Å². The molecule has 0 aliphatic rings. The molecule has 18 heavy (non-hydrogen) atoms. The molecule has 1 rings (SSSR count). The van der Waals surface area contributed by atoms with E-state index in [1.54, 1.807) is 18.2 Å². The van der Waals surface area contributed by atoms with Gasteiger partial charge in [-0.1, -0.05) is 12.1 Å². The van der Waals surface area contributed by atoms with Crippen molar-refractivity contribution in [3.05, 3.63) is 34.3 Å². The first kappa shape index (κ1) is 25.5. The van der Waals surface area contributed by atoms with Gasteiger partial charge in [0, 0.05) is 21.8 Å². The summed E-state index contributed by atoms with van der Waals surface area (Å²) in [5, 5.41) is 0. The Morgan fingerprint density at radius 3 is 1.78 bits per heavy atom. The summed E-state index contributed by atoms with van der Waals surface area (Å²) < 4.78 is 5.30. The van der Waals surface area contributed by atoms with Gasteiger partial charge in [-0.3, -0.25) is 0 Å². The van der Waals surface area contributed by atoms with Crippen molar-refractivity contribution in [3.63, 3.8) is 0 Å². The summed E-state index contributed by atoms with van der Waals surface area (Å²) >= 11 is 3.24. The van der Waals surface area contributed by atoms with Gasteiger partial charge >= 0.3 is 5.97 Å². The summed E-state index contributed by atoms with van der Waals surface area (Å²) in [6.07, 6.45) is 0. The van der Waals surface area contributed by atoms with E-state index in [4.69, 9.17) is 14.4 Å². The van der Waals surface area contributed by atoms with E-state index < -0.39 is 0 Å². The topological polar surface area (TPSA) is 77.5 Å². The minimum Gasteiger partial charge on any atom is -0.465 e. The van der Waals surface area contributed by atoms with Gasteiger partial charge < -0.3 is 19.1 Å². The molecule has 0 unspecified atom stereocenters. The number of carbonyl (C=O) groups is 4. The number of rotatable bonds is 1. The SMILES string of the molecule is C=O.C=O.C=O.COC(=O)c1ccccc1Br.[Cr]. The van der Waals surface area contributed by atoms with Crippen molar-refractivity contribution in [3.8, 4) is 0 Å². The molecule has 0 amide bonds. The van der Waals surface area contributed by atoms with Gasteiger partial charge in [0.2, 0.25) is 0 Å². The maximum atomic E-state index is 11.0. The molecule has 0 aliphatic carbocycles. The molecule has 7 heteroatoms. The van der Waals surface area contributed by atoms with Crippen LogP contribution in [0.3, 0.4) is 0 Å². The van der Waals surface area contributed by atoms with Crippen molar-refractivity contribution in [2.45, 2.75) is 0 Å². The molecule has 0 bridgehead atoms. The van der Waals surface area contributed by atoms with Crippen LogP contribution in [0.1, 0.15) is 10.4 Å². The summed E-state index contributed by atoms with van der Waals surface area (Å²) in [4.78, 5) is 35.0. The average molecular weight is 357 g/mol. The Labute approximate surface area is 125 Å². The van der Waals surface area contributed by atoms with Crippen molar-refractivity contribution in [1.29, 1.82) is 0 Å². The van der Waals surface area contributed by atoms with Crippen LogP contribution in [-0.4, -0.2) is 33.4 Å². The Morgan fingerprint density at radius 2 is 1.44 bits per heavy atom. The van der Waals surface area contributed by atoms with E-state index in [9.17, 15) is 4.79 Å². The molecule has 0 fully saturated rings. The predicted molar refractivity (Wildman–Crippen MR) is 66.8 cm³/mol. The van der Waals surface area contributed by atoms with E-state index in [2.05, 4.69) is 20.7 Å². The average Bonchev–Trinajstić information content (AvgIpc) is 2.45. The molecule has 0 N–H and O–H groups in total. The van der Waals surface area contributed by atoms with Gasteiger partial charge in [-0.05, 0) is 28.1 Å². The number of esters is 1. The first-order chi connectivity index (χ1) is 8.25. The van der Waals surface area contributed by atoms with E-state index in [-0.39, 0.29) is 23.3 Å². The van der Waals surface area contributed by atoms with Crippen LogP contribution in [0.5, 0.6) is 0 Å². The first-order valence-corrected chi connectivity index (χ1v) is 4.74. The van der Waals surface area contributed by atoms with Gasteiger partial charge in [-0.25, -0.2) is 4.79 Å². The minimum absolute atomic E-state index is 0. The second-order valence-electron chi connectivity index (χ2n) is 1.97. The van der Waals surface area contributed by atoms with E-state index in [0.29, 0.717) is 5.56 Å². The third kappa shape index (κ3) is 11.2. The molecule has 0 aromatic heterocycles. The Bertz CT molecular complexity index is 317. The fourth-order valence-electron chi connectivity index (χ4n) is 0.737. The molecule has 5 nitrogen and oxygen atoms in total. The zero-order chi connectivity index (χ0) is 14.3. The molecule has 0 heterocycles. The molecular formula is C11H13BrCrO5. The van der Waals surface area contributed by atoms with Crippen molar-refractivity contribution in [1.82, 2.24) is 0 Å². The maximum absolute atomic E-state index is 11.0. The number of halogens is 1. The van der Waals surface area contributed by atoms with Gasteiger partial charge in [0.05, 0.1) is 12.7 Å². The number of hydrogen-bond donors (Lipinski definition) is 0. The fraction of sp³-hybridized carbons (Fsp3) is 0.0909. The molecule has 1 aromatic carbocycles. The normalized spacial score (nSPS) is 6.33. The fourth-order valence-corrected chi connectivity index (χ4v) is 1.18. The van der Waals surface area contributed by atoms with Crippen LogP contribution in [-0.2, 0) is 36.5 Å². The molecule has 1 aromatic rings. The van der Waals surface area contributed by atoms with Crippen LogP contribution in [0.4, 0.5) is 0 Å². The van der Waals surface area contributed by atoms with Gasteiger partial charge in [0.15, 0.2) is 0 Å². The molecule has 0 radical (unpaired) electrons. The first-order valence-electron chi connectivity index (χ1n) is 3.95. The quantitative estimate of drug-likeness (QED) is 0.715. The number of carbonyl (C=O) groups excluding carboxylic acids is 4. The number of benzene rings is 1. The monoisotopic (exact) mass is 356 g/mol. The minimum atomic E-state index is -0.322. The molecule has 0 saturated carbocycles. The second-order valence-corrected chi connectivity index (χ2v) is 2.83. The summed E-state index contributed by atoms with van der Waals surface area (Å²) in [6, 6.07) is 7.13. The Kier molecular flexibility index (Phi) is 29.9. The van der Waals surface area contributed by atoms with Crippen LogP contribution in [0, 0.1) is 0 Å². The van der Waals surface area contributed by atoms with Gasteiger partial charge in [-0.15, -0.1) is 0 Å². The molecule has 0 spiro atoms. The van der Waals surface area contributed by atoms with Crippen LogP contribution >= 0.6 is 15.9 Å². The van der Waals surface area contributed by atoms with E-state index >= 15 is 0 Å². The third-order valence-corrected chi connectivity index (χ3v) is 1.97. The predicted octanol–water partition coefficient (Wildman–Crippen LogP) is 1.68. The van der Waals surface area contributed by atoms with E-state index in [0.717, 1.165) is 4.47 Å². The molecule has 0 atom stereocenters. The summed E-state index contributed by atoms with van der Waals surface area (Å²) in [6.45, 7) is 6.00. The van der Waals surface area contributed by atoms with E-state index in [1.165, 1.54) is 7.11 Å². The molecule has 100 valence electrons. The number of methoxy groups -OCH3 is 1. The third-order valence-electron chi connectivity index (χ3n) is 1.28. The standard InChI is InChI=1S/C8H7BrO2.3CH2O.Cr/c1-11-8(10)6-4-2-3-5-7(6)9;3*1-2;/h2-5H,1H3;3*1H2;. The zero-order valence-corrected chi connectivity index (χ0v) is 12.6. The van der Waals surface area contributed by atoms with Crippen LogP contribution in [0.15, 0.2) is 28.7 Å². The van der Waals surface area contributed by atoms with Gasteiger partial charge in [0.1, 0.15) is 20.4 Å². The maximum Gasteiger partial charge on any atom is 0.338 e. The Balaban J connectivity index is -0.000000123. The summed E-state index contributed by atoms with van der Waals surface area (Å²) in [5.74, 6) is -0.322. The molecule has 0 saturated heterocycles. The Hall–Kier alpha value is -1.29. The van der Waals surface area contributed by atoms with Gasteiger partial charge in [0.25, 0.3) is 0 Å². The number of hydrogen-bond acceptors (Lipinski definition) is 5. The van der Waals surface area contributed by atoms with Crippen molar-refractivity contribution in [2.75, 3.05) is 7.11 Å². The second kappa shape index (κ2) is 21.0. The van der Waals surface area contributed by atoms with Gasteiger partial charge in [-0.2, -0.15) is 0 Å². The molecular weight excluding hydrogens is 344 g/mol. The Morgan fingerprint density at radius 1 is 1.06 bits per heavy atom.